The first kappa shape index (κ1) is 21.4. The summed E-state index contributed by atoms with van der Waals surface area (Å²) >= 11 is 0. The zero-order valence-electron chi connectivity index (χ0n) is 16.7. The molecular weight excluding hydrogens is 395 g/mol. The van der Waals surface area contributed by atoms with E-state index in [-0.39, 0.29) is 18.4 Å². The number of hydrogen-bond acceptors (Lipinski definition) is 5. The summed E-state index contributed by atoms with van der Waals surface area (Å²) in [5.74, 6) is 0.363. The van der Waals surface area contributed by atoms with Crippen LogP contribution in [-0.2, 0) is 12.8 Å². The van der Waals surface area contributed by atoms with Crippen LogP contribution in [0.4, 0.5) is 24.7 Å². The smallest absolute Gasteiger partial charge is 0.421 e. The van der Waals surface area contributed by atoms with Gasteiger partial charge in [0.2, 0.25) is 0 Å². The van der Waals surface area contributed by atoms with Gasteiger partial charge < -0.3 is 14.4 Å². The van der Waals surface area contributed by atoms with Gasteiger partial charge in [0, 0.05) is 18.9 Å². The van der Waals surface area contributed by atoms with Gasteiger partial charge in [-0.3, -0.25) is 0 Å². The zero-order chi connectivity index (χ0) is 21.6. The van der Waals surface area contributed by atoms with E-state index in [9.17, 15) is 13.2 Å². The molecule has 1 heterocycles. The summed E-state index contributed by atoms with van der Waals surface area (Å²) in [5.41, 5.74) is 0.444. The van der Waals surface area contributed by atoms with Crippen molar-refractivity contribution in [2.24, 2.45) is 0 Å². The number of aromatic nitrogens is 2. The lowest BCUT2D eigenvalue weighted by Crippen LogP contribution is -2.19. The van der Waals surface area contributed by atoms with Gasteiger partial charge in [0.05, 0.1) is 6.61 Å². The molecule has 0 bridgehead atoms. The van der Waals surface area contributed by atoms with Gasteiger partial charge in [-0.15, -0.1) is 0 Å². The number of benzene rings is 2. The highest BCUT2D eigenvalue weighted by atomic mass is 19.4. The number of rotatable bonds is 8. The topological polar surface area (TPSA) is 47.5 Å². The van der Waals surface area contributed by atoms with E-state index in [0.717, 1.165) is 18.2 Å². The Bertz CT molecular complexity index is 948. The molecule has 3 rings (SSSR count). The van der Waals surface area contributed by atoms with Gasteiger partial charge in [0.15, 0.2) is 5.82 Å². The van der Waals surface area contributed by atoms with Crippen molar-refractivity contribution in [2.75, 3.05) is 18.6 Å². The summed E-state index contributed by atoms with van der Waals surface area (Å²) in [6.45, 7) is 2.72. The van der Waals surface area contributed by atoms with Gasteiger partial charge in [0.25, 0.3) is 0 Å². The van der Waals surface area contributed by atoms with Crippen molar-refractivity contribution in [3.63, 3.8) is 0 Å². The molecule has 3 aromatic rings. The molecule has 5 nitrogen and oxygen atoms in total. The van der Waals surface area contributed by atoms with E-state index in [4.69, 9.17) is 9.47 Å². The number of alkyl halides is 3. The van der Waals surface area contributed by atoms with Crippen LogP contribution in [-0.4, -0.2) is 23.6 Å². The molecular formula is C22H22F3N3O2. The van der Waals surface area contributed by atoms with E-state index in [1.54, 1.807) is 24.3 Å². The monoisotopic (exact) mass is 417 g/mol. The average molecular weight is 417 g/mol. The highest BCUT2D eigenvalue weighted by Gasteiger charge is 2.36. The SMILES string of the molecule is CCCOc1ccc(N(C)c2nc(OCc3ccccc3)ncc2C(F)(F)F)cc1. The standard InChI is InChI=1S/C22H22F3N3O2/c1-3-13-29-18-11-9-17(10-12-18)28(2)20-19(22(23,24)25)14-26-21(27-20)30-15-16-7-5-4-6-8-16/h4-12,14H,3,13,15H2,1-2H3. The molecule has 0 amide bonds. The minimum atomic E-state index is -4.61. The summed E-state index contributed by atoms with van der Waals surface area (Å²) in [4.78, 5) is 9.14. The van der Waals surface area contributed by atoms with Gasteiger partial charge >= 0.3 is 12.2 Å². The second-order valence-electron chi connectivity index (χ2n) is 6.56. The third-order valence-electron chi connectivity index (χ3n) is 4.28. The van der Waals surface area contributed by atoms with Crippen LogP contribution in [0.25, 0.3) is 0 Å². The molecule has 0 aliphatic rings. The molecule has 1 aromatic heterocycles. The molecule has 0 fully saturated rings. The Kier molecular flexibility index (Phi) is 6.76. The van der Waals surface area contributed by atoms with Crippen molar-refractivity contribution in [1.82, 2.24) is 9.97 Å². The Balaban J connectivity index is 1.86. The maximum atomic E-state index is 13.5. The molecule has 0 radical (unpaired) electrons. The highest BCUT2D eigenvalue weighted by Crippen LogP contribution is 2.38. The number of ether oxygens (including phenoxy) is 2. The number of halogens is 3. The summed E-state index contributed by atoms with van der Waals surface area (Å²) < 4.78 is 51.7. The molecule has 158 valence electrons. The molecule has 0 atom stereocenters. The van der Waals surface area contributed by atoms with Crippen molar-refractivity contribution < 1.29 is 22.6 Å². The lowest BCUT2D eigenvalue weighted by atomic mass is 10.2. The minimum Gasteiger partial charge on any atom is -0.494 e. The normalized spacial score (nSPS) is 11.2. The van der Waals surface area contributed by atoms with E-state index >= 15 is 0 Å². The summed E-state index contributed by atoms with van der Waals surface area (Å²) in [6.07, 6.45) is -2.99. The zero-order valence-corrected chi connectivity index (χ0v) is 16.7. The third kappa shape index (κ3) is 5.40. The fraction of sp³-hybridized carbons (Fsp3) is 0.273. The second kappa shape index (κ2) is 9.47. The molecule has 0 aliphatic carbocycles. The van der Waals surface area contributed by atoms with Crippen LogP contribution >= 0.6 is 0 Å². The van der Waals surface area contributed by atoms with Gasteiger partial charge in [0.1, 0.15) is 17.9 Å². The van der Waals surface area contributed by atoms with Crippen molar-refractivity contribution in [3.8, 4) is 11.8 Å². The maximum absolute atomic E-state index is 13.5. The van der Waals surface area contributed by atoms with Crippen LogP contribution in [0.15, 0.2) is 60.8 Å². The van der Waals surface area contributed by atoms with E-state index < -0.39 is 11.7 Å². The van der Waals surface area contributed by atoms with E-state index in [1.807, 2.05) is 37.3 Å². The Morgan fingerprint density at radius 1 is 0.967 bits per heavy atom. The largest absolute Gasteiger partial charge is 0.494 e. The maximum Gasteiger partial charge on any atom is 0.421 e. The van der Waals surface area contributed by atoms with Crippen LogP contribution in [0.3, 0.4) is 0 Å². The van der Waals surface area contributed by atoms with E-state index in [1.165, 1.54) is 11.9 Å². The number of anilines is 2. The van der Waals surface area contributed by atoms with Crippen molar-refractivity contribution >= 4 is 11.5 Å². The van der Waals surface area contributed by atoms with Crippen LogP contribution in [0, 0.1) is 0 Å². The molecule has 30 heavy (non-hydrogen) atoms. The van der Waals surface area contributed by atoms with Crippen LogP contribution in [0.5, 0.6) is 11.8 Å². The molecule has 2 aromatic carbocycles. The Labute approximate surface area is 173 Å². The first-order chi connectivity index (χ1) is 14.4. The first-order valence-electron chi connectivity index (χ1n) is 9.46. The molecule has 8 heteroatoms. The lowest BCUT2D eigenvalue weighted by molar-refractivity contribution is -0.137. The van der Waals surface area contributed by atoms with E-state index in [0.29, 0.717) is 18.0 Å². The van der Waals surface area contributed by atoms with Crippen molar-refractivity contribution in [2.45, 2.75) is 26.1 Å². The summed E-state index contributed by atoms with van der Waals surface area (Å²) in [7, 11) is 1.51. The lowest BCUT2D eigenvalue weighted by Gasteiger charge is -2.22. The fourth-order valence-electron chi connectivity index (χ4n) is 2.71. The molecule has 0 saturated carbocycles. The molecule has 0 N–H and O–H groups in total. The van der Waals surface area contributed by atoms with Crippen molar-refractivity contribution in [3.05, 3.63) is 71.9 Å². The quantitative estimate of drug-likeness (QED) is 0.475. The number of nitrogens with zero attached hydrogens (tertiary/aromatic N) is 3. The summed E-state index contributed by atoms with van der Waals surface area (Å²) in [5, 5.41) is 0. The highest BCUT2D eigenvalue weighted by molar-refractivity contribution is 5.63. The van der Waals surface area contributed by atoms with Gasteiger partial charge in [-0.1, -0.05) is 37.3 Å². The minimum absolute atomic E-state index is 0.128. The molecule has 0 spiro atoms. The van der Waals surface area contributed by atoms with Gasteiger partial charge in [-0.2, -0.15) is 18.2 Å². The van der Waals surface area contributed by atoms with Crippen molar-refractivity contribution in [1.29, 1.82) is 0 Å². The number of hydrogen-bond donors (Lipinski definition) is 0. The summed E-state index contributed by atoms with van der Waals surface area (Å²) in [6, 6.07) is 15.9. The van der Waals surface area contributed by atoms with Crippen LogP contribution < -0.4 is 14.4 Å². The van der Waals surface area contributed by atoms with E-state index in [2.05, 4.69) is 9.97 Å². The van der Waals surface area contributed by atoms with Gasteiger partial charge in [-0.25, -0.2) is 4.98 Å². The first-order valence-corrected chi connectivity index (χ1v) is 9.46. The molecule has 0 unspecified atom stereocenters. The van der Waals surface area contributed by atoms with Crippen LogP contribution in [0.1, 0.15) is 24.5 Å². The van der Waals surface area contributed by atoms with Gasteiger partial charge in [-0.05, 0) is 36.2 Å². The predicted molar refractivity (Wildman–Crippen MR) is 108 cm³/mol. The fourth-order valence-corrected chi connectivity index (χ4v) is 2.71. The molecule has 0 aliphatic heterocycles. The second-order valence-corrected chi connectivity index (χ2v) is 6.56. The Morgan fingerprint density at radius 2 is 1.67 bits per heavy atom. The third-order valence-corrected chi connectivity index (χ3v) is 4.28. The van der Waals surface area contributed by atoms with Crippen LogP contribution in [0.2, 0.25) is 0 Å². The Hall–Kier alpha value is -3.29. The molecule has 0 saturated heterocycles. The predicted octanol–water partition coefficient (Wildman–Crippen LogP) is 5.63. The Morgan fingerprint density at radius 3 is 2.30 bits per heavy atom. The average Bonchev–Trinajstić information content (AvgIpc) is 2.76.